The lowest BCUT2D eigenvalue weighted by Gasteiger charge is -2.24. The van der Waals surface area contributed by atoms with Crippen LogP contribution in [0.3, 0.4) is 0 Å². The Bertz CT molecular complexity index is 876. The van der Waals surface area contributed by atoms with Crippen LogP contribution in [-0.4, -0.2) is 40.7 Å². The maximum Gasteiger partial charge on any atom is 0.200 e. The van der Waals surface area contributed by atoms with Crippen molar-refractivity contribution in [2.45, 2.75) is 51.4 Å². The molecule has 26 heavy (non-hydrogen) atoms. The summed E-state index contributed by atoms with van der Waals surface area (Å²) in [5, 5.41) is 29.2. The Morgan fingerprint density at radius 3 is 2.65 bits per heavy atom. The van der Waals surface area contributed by atoms with Gasteiger partial charge < -0.3 is 29.2 Å². The zero-order valence-corrected chi connectivity index (χ0v) is 15.2. The number of methoxy groups -OCH3 is 1. The third-order valence-corrected chi connectivity index (χ3v) is 4.76. The Morgan fingerprint density at radius 2 is 2.08 bits per heavy atom. The van der Waals surface area contributed by atoms with E-state index in [0.717, 1.165) is 0 Å². The minimum Gasteiger partial charge on any atom is -0.495 e. The van der Waals surface area contributed by atoms with E-state index in [0.29, 0.717) is 41.9 Å². The molecule has 0 radical (unpaired) electrons. The number of rotatable bonds is 6. The maximum atomic E-state index is 13.0. The SMILES string of the molecule is COc1c2c(cc3oc(CO)c(CCCO)c(=O)c13)OC(C(C)(C)O)C2. The van der Waals surface area contributed by atoms with E-state index in [2.05, 4.69) is 0 Å². The molecule has 3 rings (SSSR count). The van der Waals surface area contributed by atoms with Crippen LogP contribution in [0, 0.1) is 0 Å². The monoisotopic (exact) mass is 364 g/mol. The van der Waals surface area contributed by atoms with Gasteiger partial charge in [0, 0.05) is 30.2 Å². The van der Waals surface area contributed by atoms with Crippen LogP contribution in [0.1, 0.15) is 37.2 Å². The van der Waals surface area contributed by atoms with Crippen molar-refractivity contribution in [1.29, 1.82) is 0 Å². The van der Waals surface area contributed by atoms with E-state index in [4.69, 9.17) is 19.0 Å². The first-order valence-corrected chi connectivity index (χ1v) is 8.61. The molecule has 1 aromatic carbocycles. The lowest BCUT2D eigenvalue weighted by atomic mass is 9.95. The van der Waals surface area contributed by atoms with Crippen LogP contribution in [0.15, 0.2) is 15.3 Å². The van der Waals surface area contributed by atoms with Crippen molar-refractivity contribution < 1.29 is 29.2 Å². The van der Waals surface area contributed by atoms with Crippen molar-refractivity contribution in [3.8, 4) is 11.5 Å². The second-order valence-electron chi connectivity index (χ2n) is 7.04. The maximum absolute atomic E-state index is 13.0. The van der Waals surface area contributed by atoms with Crippen LogP contribution in [0.25, 0.3) is 11.0 Å². The standard InChI is InChI=1S/C19H24O7/c1-19(2,23)15-7-11-12(26-15)8-13-16(18(11)24-3)17(22)10(5-4-6-20)14(9-21)25-13/h8,15,20-21,23H,4-7,9H2,1-3H3. The highest BCUT2D eigenvalue weighted by Gasteiger charge is 2.38. The Balaban J connectivity index is 2.24. The van der Waals surface area contributed by atoms with E-state index in [1.54, 1.807) is 19.9 Å². The van der Waals surface area contributed by atoms with Gasteiger partial charge in [0.15, 0.2) is 5.43 Å². The van der Waals surface area contributed by atoms with Crippen LogP contribution in [0.5, 0.6) is 11.5 Å². The molecule has 0 spiro atoms. The molecule has 1 atom stereocenters. The fraction of sp³-hybridized carbons (Fsp3) is 0.526. The van der Waals surface area contributed by atoms with E-state index in [-0.39, 0.29) is 28.8 Å². The summed E-state index contributed by atoms with van der Waals surface area (Å²) in [6, 6.07) is 1.61. The van der Waals surface area contributed by atoms with Crippen LogP contribution < -0.4 is 14.9 Å². The zero-order chi connectivity index (χ0) is 19.1. The molecule has 1 unspecified atom stereocenters. The van der Waals surface area contributed by atoms with Crippen molar-refractivity contribution in [3.05, 3.63) is 33.2 Å². The van der Waals surface area contributed by atoms with Gasteiger partial charge in [-0.15, -0.1) is 0 Å². The quantitative estimate of drug-likeness (QED) is 0.709. The highest BCUT2D eigenvalue weighted by Crippen LogP contribution is 2.43. The number of benzene rings is 1. The Morgan fingerprint density at radius 1 is 1.35 bits per heavy atom. The van der Waals surface area contributed by atoms with Crippen molar-refractivity contribution in [2.75, 3.05) is 13.7 Å². The predicted molar refractivity (Wildman–Crippen MR) is 94.8 cm³/mol. The number of ether oxygens (including phenoxy) is 2. The molecule has 0 aliphatic carbocycles. The minimum atomic E-state index is -1.06. The summed E-state index contributed by atoms with van der Waals surface area (Å²) < 4.78 is 17.1. The van der Waals surface area contributed by atoms with Gasteiger partial charge in [0.2, 0.25) is 0 Å². The second kappa shape index (κ2) is 6.90. The molecule has 0 amide bonds. The summed E-state index contributed by atoms with van der Waals surface area (Å²) >= 11 is 0. The van der Waals surface area contributed by atoms with E-state index in [9.17, 15) is 15.0 Å². The molecule has 1 aliphatic heterocycles. The molecular weight excluding hydrogens is 340 g/mol. The van der Waals surface area contributed by atoms with Crippen molar-refractivity contribution in [3.63, 3.8) is 0 Å². The summed E-state index contributed by atoms with van der Waals surface area (Å²) in [4.78, 5) is 13.0. The summed E-state index contributed by atoms with van der Waals surface area (Å²) in [5.74, 6) is 1.04. The van der Waals surface area contributed by atoms with E-state index < -0.39 is 18.3 Å². The molecule has 1 aliphatic rings. The van der Waals surface area contributed by atoms with Gasteiger partial charge in [-0.3, -0.25) is 4.79 Å². The molecule has 0 saturated carbocycles. The summed E-state index contributed by atoms with van der Waals surface area (Å²) in [6.45, 7) is 2.84. The second-order valence-corrected chi connectivity index (χ2v) is 7.04. The molecule has 0 bridgehead atoms. The van der Waals surface area contributed by atoms with E-state index >= 15 is 0 Å². The van der Waals surface area contributed by atoms with Gasteiger partial charge in [0.25, 0.3) is 0 Å². The fourth-order valence-electron chi connectivity index (χ4n) is 3.35. The lowest BCUT2D eigenvalue weighted by Crippen LogP contribution is -2.39. The molecule has 142 valence electrons. The van der Waals surface area contributed by atoms with Gasteiger partial charge in [-0.05, 0) is 26.7 Å². The van der Waals surface area contributed by atoms with Gasteiger partial charge in [0.05, 0.1) is 12.7 Å². The first kappa shape index (κ1) is 18.7. The van der Waals surface area contributed by atoms with Crippen LogP contribution >= 0.6 is 0 Å². The zero-order valence-electron chi connectivity index (χ0n) is 15.2. The molecule has 1 aromatic heterocycles. The topological polar surface area (TPSA) is 109 Å². The Hall–Kier alpha value is -2.09. The lowest BCUT2D eigenvalue weighted by molar-refractivity contribution is -0.0229. The third-order valence-electron chi connectivity index (χ3n) is 4.76. The first-order valence-electron chi connectivity index (χ1n) is 8.61. The number of fused-ring (bicyclic) bond motifs is 2. The molecule has 3 N–H and O–H groups in total. The Labute approximate surface area is 150 Å². The third kappa shape index (κ3) is 3.06. The molecule has 2 aromatic rings. The van der Waals surface area contributed by atoms with E-state index in [1.165, 1.54) is 7.11 Å². The Kier molecular flexibility index (Phi) is 4.96. The normalized spacial score (nSPS) is 16.6. The highest BCUT2D eigenvalue weighted by molar-refractivity contribution is 5.88. The summed E-state index contributed by atoms with van der Waals surface area (Å²) in [6.07, 6.45) is 0.628. The predicted octanol–water partition coefficient (Wildman–Crippen LogP) is 1.29. The van der Waals surface area contributed by atoms with E-state index in [1.807, 2.05) is 0 Å². The number of hydrogen-bond acceptors (Lipinski definition) is 7. The average molecular weight is 364 g/mol. The van der Waals surface area contributed by atoms with Gasteiger partial charge in [0.1, 0.15) is 40.9 Å². The van der Waals surface area contributed by atoms with Crippen LogP contribution in [0.4, 0.5) is 0 Å². The van der Waals surface area contributed by atoms with Crippen LogP contribution in [0.2, 0.25) is 0 Å². The summed E-state index contributed by atoms with van der Waals surface area (Å²) in [7, 11) is 1.47. The van der Waals surface area contributed by atoms with Crippen molar-refractivity contribution >= 4 is 11.0 Å². The number of aliphatic hydroxyl groups is 3. The largest absolute Gasteiger partial charge is 0.495 e. The molecule has 0 saturated heterocycles. The van der Waals surface area contributed by atoms with Gasteiger partial charge >= 0.3 is 0 Å². The van der Waals surface area contributed by atoms with Gasteiger partial charge in [-0.2, -0.15) is 0 Å². The van der Waals surface area contributed by atoms with Crippen molar-refractivity contribution in [2.24, 2.45) is 0 Å². The highest BCUT2D eigenvalue weighted by atomic mass is 16.5. The number of hydrogen-bond donors (Lipinski definition) is 3. The molecule has 7 nitrogen and oxygen atoms in total. The summed E-state index contributed by atoms with van der Waals surface area (Å²) in [5.41, 5.74) is -0.0284. The molecular formula is C19H24O7. The fourth-order valence-corrected chi connectivity index (χ4v) is 3.35. The average Bonchev–Trinajstić information content (AvgIpc) is 3.03. The van der Waals surface area contributed by atoms with Gasteiger partial charge in [-0.1, -0.05) is 0 Å². The minimum absolute atomic E-state index is 0.0647. The smallest absolute Gasteiger partial charge is 0.200 e. The molecule has 0 fully saturated rings. The van der Waals surface area contributed by atoms with Gasteiger partial charge in [-0.25, -0.2) is 0 Å². The molecule has 2 heterocycles. The first-order chi connectivity index (χ1) is 12.3. The van der Waals surface area contributed by atoms with Crippen molar-refractivity contribution in [1.82, 2.24) is 0 Å². The molecule has 7 heteroatoms. The van der Waals surface area contributed by atoms with Crippen LogP contribution in [-0.2, 0) is 19.4 Å². The number of aliphatic hydroxyl groups excluding tert-OH is 2.